The Bertz CT molecular complexity index is 573. The van der Waals surface area contributed by atoms with Gasteiger partial charge in [-0.3, -0.25) is 0 Å². The zero-order valence-corrected chi connectivity index (χ0v) is 10.5. The Morgan fingerprint density at radius 3 is 2.83 bits per heavy atom. The summed E-state index contributed by atoms with van der Waals surface area (Å²) in [7, 11) is 0. The van der Waals surface area contributed by atoms with Gasteiger partial charge in [0, 0.05) is 6.07 Å². The largest absolute Gasteiger partial charge is 0.479 e. The van der Waals surface area contributed by atoms with Gasteiger partial charge in [-0.25, -0.2) is 4.39 Å². The number of anilines is 1. The first-order valence-electron chi connectivity index (χ1n) is 5.18. The molecule has 0 radical (unpaired) electrons. The number of benzene rings is 1. The van der Waals surface area contributed by atoms with Crippen LogP contribution in [0.5, 0.6) is 5.75 Å². The molecular weight excluding hydrogens is 261 g/mol. The Morgan fingerprint density at radius 1 is 1.50 bits per heavy atom. The SMILES string of the molecule is Cc1noc(C(C)Oc2cc(N)c(F)cc2Cl)n1. The Balaban J connectivity index is 2.21. The highest BCUT2D eigenvalue weighted by atomic mass is 35.5. The summed E-state index contributed by atoms with van der Waals surface area (Å²) in [5.41, 5.74) is 5.40. The lowest BCUT2D eigenvalue weighted by Crippen LogP contribution is -2.05. The van der Waals surface area contributed by atoms with Crippen LogP contribution in [0.15, 0.2) is 16.7 Å². The molecular formula is C11H11ClFN3O2. The molecule has 0 aliphatic heterocycles. The van der Waals surface area contributed by atoms with Crippen LogP contribution in [0, 0.1) is 12.7 Å². The predicted octanol–water partition coefficient (Wildman–Crippen LogP) is 2.89. The normalized spacial score (nSPS) is 12.4. The van der Waals surface area contributed by atoms with Crippen molar-refractivity contribution in [3.63, 3.8) is 0 Å². The Labute approximate surface area is 108 Å². The molecule has 0 aliphatic rings. The smallest absolute Gasteiger partial charge is 0.267 e. The molecule has 0 spiro atoms. The molecule has 0 fully saturated rings. The average Bonchev–Trinajstić information content (AvgIpc) is 2.73. The second-order valence-electron chi connectivity index (χ2n) is 3.74. The second-order valence-corrected chi connectivity index (χ2v) is 4.15. The van der Waals surface area contributed by atoms with Gasteiger partial charge in [0.1, 0.15) is 11.6 Å². The molecule has 1 aromatic heterocycles. The molecule has 1 heterocycles. The van der Waals surface area contributed by atoms with Crippen molar-refractivity contribution in [2.24, 2.45) is 0 Å². The van der Waals surface area contributed by atoms with Gasteiger partial charge < -0.3 is 15.0 Å². The maximum Gasteiger partial charge on any atom is 0.267 e. The minimum absolute atomic E-state index is 0.0386. The Morgan fingerprint density at radius 2 is 2.22 bits per heavy atom. The van der Waals surface area contributed by atoms with E-state index in [-0.39, 0.29) is 16.5 Å². The van der Waals surface area contributed by atoms with Gasteiger partial charge in [0.25, 0.3) is 5.89 Å². The van der Waals surface area contributed by atoms with Crippen molar-refractivity contribution in [3.8, 4) is 5.75 Å². The van der Waals surface area contributed by atoms with E-state index in [4.69, 9.17) is 26.6 Å². The lowest BCUT2D eigenvalue weighted by atomic mass is 10.3. The van der Waals surface area contributed by atoms with Crippen molar-refractivity contribution >= 4 is 17.3 Å². The third-order valence-corrected chi connectivity index (χ3v) is 2.54. The van der Waals surface area contributed by atoms with Crippen LogP contribution in [-0.4, -0.2) is 10.1 Å². The summed E-state index contributed by atoms with van der Waals surface area (Å²) in [6, 6.07) is 2.41. The van der Waals surface area contributed by atoms with Crippen molar-refractivity contribution in [1.29, 1.82) is 0 Å². The summed E-state index contributed by atoms with van der Waals surface area (Å²) in [6.07, 6.45) is -0.506. The average molecular weight is 272 g/mol. The van der Waals surface area contributed by atoms with Crippen LogP contribution < -0.4 is 10.5 Å². The van der Waals surface area contributed by atoms with E-state index >= 15 is 0 Å². The highest BCUT2D eigenvalue weighted by molar-refractivity contribution is 6.32. The number of hydrogen-bond acceptors (Lipinski definition) is 5. The van der Waals surface area contributed by atoms with Gasteiger partial charge in [-0.1, -0.05) is 16.8 Å². The summed E-state index contributed by atoms with van der Waals surface area (Å²) < 4.78 is 23.6. The van der Waals surface area contributed by atoms with Gasteiger partial charge in [0.2, 0.25) is 0 Å². The van der Waals surface area contributed by atoms with Gasteiger partial charge in [-0.05, 0) is 19.9 Å². The molecule has 0 bridgehead atoms. The summed E-state index contributed by atoms with van der Waals surface area (Å²) in [5, 5.41) is 3.78. The minimum Gasteiger partial charge on any atom is -0.479 e. The number of rotatable bonds is 3. The molecule has 7 heteroatoms. The van der Waals surface area contributed by atoms with Crippen molar-refractivity contribution in [2.45, 2.75) is 20.0 Å². The van der Waals surface area contributed by atoms with E-state index in [1.807, 2.05) is 0 Å². The van der Waals surface area contributed by atoms with Gasteiger partial charge in [-0.15, -0.1) is 0 Å². The van der Waals surface area contributed by atoms with Crippen LogP contribution in [0.1, 0.15) is 24.7 Å². The molecule has 1 aromatic carbocycles. The zero-order valence-electron chi connectivity index (χ0n) is 9.78. The maximum absolute atomic E-state index is 13.1. The molecule has 0 saturated heterocycles. The van der Waals surface area contributed by atoms with E-state index < -0.39 is 11.9 Å². The Hall–Kier alpha value is -1.82. The molecule has 5 nitrogen and oxygen atoms in total. The first-order chi connectivity index (χ1) is 8.47. The van der Waals surface area contributed by atoms with Crippen molar-refractivity contribution in [3.05, 3.63) is 34.7 Å². The molecule has 18 heavy (non-hydrogen) atoms. The van der Waals surface area contributed by atoms with E-state index in [0.29, 0.717) is 11.7 Å². The van der Waals surface area contributed by atoms with Crippen molar-refractivity contribution in [1.82, 2.24) is 10.1 Å². The van der Waals surface area contributed by atoms with Crippen molar-refractivity contribution < 1.29 is 13.7 Å². The first kappa shape index (κ1) is 12.6. The number of aromatic nitrogens is 2. The zero-order chi connectivity index (χ0) is 13.3. The number of ether oxygens (including phenoxy) is 1. The number of nitrogens with two attached hydrogens (primary N) is 1. The topological polar surface area (TPSA) is 74.2 Å². The van der Waals surface area contributed by atoms with Crippen LogP contribution in [0.2, 0.25) is 5.02 Å². The van der Waals surface area contributed by atoms with Gasteiger partial charge >= 0.3 is 0 Å². The fourth-order valence-electron chi connectivity index (χ4n) is 1.35. The number of hydrogen-bond donors (Lipinski definition) is 1. The van der Waals surface area contributed by atoms with E-state index in [1.165, 1.54) is 6.07 Å². The number of nitrogens with zero attached hydrogens (tertiary/aromatic N) is 2. The molecule has 1 unspecified atom stereocenters. The van der Waals surface area contributed by atoms with Crippen LogP contribution in [-0.2, 0) is 0 Å². The third-order valence-electron chi connectivity index (χ3n) is 2.25. The second kappa shape index (κ2) is 4.81. The molecule has 1 atom stereocenters. The van der Waals surface area contributed by atoms with Gasteiger partial charge in [0.15, 0.2) is 11.9 Å². The van der Waals surface area contributed by atoms with Crippen LogP contribution >= 0.6 is 11.6 Å². The summed E-state index contributed by atoms with van der Waals surface area (Å²) in [6.45, 7) is 3.41. The van der Waals surface area contributed by atoms with Crippen molar-refractivity contribution in [2.75, 3.05) is 5.73 Å². The number of halogens is 2. The molecule has 0 amide bonds. The highest BCUT2D eigenvalue weighted by Gasteiger charge is 2.17. The van der Waals surface area contributed by atoms with Gasteiger partial charge in [0.05, 0.1) is 10.7 Å². The van der Waals surface area contributed by atoms with E-state index in [2.05, 4.69) is 10.1 Å². The van der Waals surface area contributed by atoms with E-state index in [0.717, 1.165) is 6.07 Å². The maximum atomic E-state index is 13.1. The van der Waals surface area contributed by atoms with E-state index in [1.54, 1.807) is 13.8 Å². The van der Waals surface area contributed by atoms with Crippen LogP contribution in [0.4, 0.5) is 10.1 Å². The van der Waals surface area contributed by atoms with Crippen LogP contribution in [0.3, 0.4) is 0 Å². The summed E-state index contributed by atoms with van der Waals surface area (Å²) in [4.78, 5) is 4.03. The molecule has 2 rings (SSSR count). The number of nitrogen functional groups attached to an aromatic ring is 1. The quantitative estimate of drug-likeness (QED) is 0.869. The molecule has 2 aromatic rings. The van der Waals surface area contributed by atoms with Gasteiger partial charge in [-0.2, -0.15) is 4.98 Å². The standard InChI is InChI=1S/C11H11ClFN3O2/c1-5(11-15-6(2)16-18-11)17-10-4-9(14)8(13)3-7(10)12/h3-5H,14H2,1-2H3. The predicted molar refractivity (Wildman–Crippen MR) is 63.9 cm³/mol. The van der Waals surface area contributed by atoms with Crippen LogP contribution in [0.25, 0.3) is 0 Å². The molecule has 2 N–H and O–H groups in total. The number of aryl methyl sites for hydroxylation is 1. The Kier molecular flexibility index (Phi) is 3.38. The fraction of sp³-hybridized carbons (Fsp3) is 0.273. The summed E-state index contributed by atoms with van der Waals surface area (Å²) >= 11 is 5.85. The molecule has 0 saturated carbocycles. The monoisotopic (exact) mass is 271 g/mol. The summed E-state index contributed by atoms with van der Waals surface area (Å²) in [5.74, 6) is 0.490. The van der Waals surface area contributed by atoms with E-state index in [9.17, 15) is 4.39 Å². The first-order valence-corrected chi connectivity index (χ1v) is 5.56. The minimum atomic E-state index is -0.589. The lowest BCUT2D eigenvalue weighted by molar-refractivity contribution is 0.176. The lowest BCUT2D eigenvalue weighted by Gasteiger charge is -2.12. The fourth-order valence-corrected chi connectivity index (χ4v) is 1.55. The highest BCUT2D eigenvalue weighted by Crippen LogP contribution is 2.32. The molecule has 0 aliphatic carbocycles. The third kappa shape index (κ3) is 2.53. The molecule has 96 valence electrons.